The van der Waals surface area contributed by atoms with E-state index in [-0.39, 0.29) is 0 Å². The molecule has 0 saturated heterocycles. The monoisotopic (exact) mass is 1130 g/mol. The maximum atomic E-state index is 7.41. The molecule has 0 aromatic rings. The van der Waals surface area contributed by atoms with Crippen molar-refractivity contribution < 1.29 is 4.12 Å². The maximum absolute atomic E-state index is 7.41. The Bertz CT molecular complexity index is 1510. The highest BCUT2D eigenvalue weighted by Crippen LogP contribution is 2.52. The number of rotatable bonds is 19. The summed E-state index contributed by atoms with van der Waals surface area (Å²) in [6, 6.07) is 0. The first-order valence-electron chi connectivity index (χ1n) is 24.4. The van der Waals surface area contributed by atoms with Crippen molar-refractivity contribution in [2.24, 2.45) is 0 Å². The minimum absolute atomic E-state index is 0.640. The molecule has 0 aromatic heterocycles. The molecule has 0 atom stereocenters. The average Bonchev–Trinajstić information content (AvgIpc) is 2.97. The van der Waals surface area contributed by atoms with E-state index < -0.39 is 138 Å². The predicted octanol–water partition coefficient (Wildman–Crippen LogP) is 15.2. The van der Waals surface area contributed by atoms with E-state index in [1.807, 2.05) is 0 Å². The SMILES string of the molecule is C[SiH](C)[Si](C)(C)[Si](C)(C)[Si](C)(C)[Si](C)(C)[Si](C)(C)[Si](C)(C)[Si](C)(C)[Si](C)(C)[Si](C)(C)[Si](C)(C)[Si](C)(C)[Si](C)(C)[Si](C)(C)[Si](C)(C)[Si](C)(C)[Si](C)(C)[Si](C)(C)O[Si](C)(C)C. The minimum atomic E-state index is -1.80. The van der Waals surface area contributed by atoms with Gasteiger partial charge in [-0.15, -0.1) is 0 Å². The molecule has 0 aliphatic heterocycles. The van der Waals surface area contributed by atoms with Crippen LogP contribution in [0.1, 0.15) is 0 Å². The standard InChI is InChI=1S/C39H118OSi19/c1-41(2)44(8,9)46(12,13)48(16,17)50(20,21)52(24,25)54(28,29)56(32,33)58(36,37)59(38,39)57(34,35)55(30,31)53(26,27)51(22,23)49(18,19)47(14,15)45(10,11)43(6,7)40-42(3,4)5/h41H,1-39H3. The van der Waals surface area contributed by atoms with Crippen LogP contribution in [0.4, 0.5) is 0 Å². The summed E-state index contributed by atoms with van der Waals surface area (Å²) >= 11 is 0. The second-order valence-electron chi connectivity index (χ2n) is 31.0. The summed E-state index contributed by atoms with van der Waals surface area (Å²) < 4.78 is 7.41. The summed E-state index contributed by atoms with van der Waals surface area (Å²) in [5, 5.41) is 0. The average molecular weight is 1140 g/mol. The van der Waals surface area contributed by atoms with Crippen LogP contribution in [0.25, 0.3) is 0 Å². The van der Waals surface area contributed by atoms with Crippen LogP contribution in [-0.2, 0) is 4.12 Å². The van der Waals surface area contributed by atoms with E-state index >= 15 is 0 Å². The Morgan fingerprint density at radius 3 is 0.475 bits per heavy atom. The molecule has 20 heteroatoms. The molecule has 0 aromatic carbocycles. The highest BCUT2D eigenvalue weighted by molar-refractivity contribution is 8.12. The highest BCUT2D eigenvalue weighted by Gasteiger charge is 2.76. The molecule has 0 N–H and O–H groups in total. The zero-order chi connectivity index (χ0) is 49.3. The van der Waals surface area contributed by atoms with Crippen LogP contribution in [0.15, 0.2) is 0 Å². The van der Waals surface area contributed by atoms with E-state index in [0.717, 1.165) is 0 Å². The van der Waals surface area contributed by atoms with Crippen LogP contribution in [0.5, 0.6) is 0 Å². The van der Waals surface area contributed by atoms with E-state index in [2.05, 4.69) is 255 Å². The van der Waals surface area contributed by atoms with Crippen molar-refractivity contribution in [2.45, 2.75) is 255 Å². The van der Waals surface area contributed by atoms with E-state index in [9.17, 15) is 0 Å². The van der Waals surface area contributed by atoms with Gasteiger partial charge in [0.05, 0.1) is 7.11 Å². The van der Waals surface area contributed by atoms with Crippen LogP contribution >= 0.6 is 0 Å². The minimum Gasteiger partial charge on any atom is -0.458 e. The largest absolute Gasteiger partial charge is 0.458 e. The summed E-state index contributed by atoms with van der Waals surface area (Å²) in [5.41, 5.74) is 0. The summed E-state index contributed by atoms with van der Waals surface area (Å²) in [7, 11) is -28.5. The third-order valence-electron chi connectivity index (χ3n) is 27.0. The molecule has 0 amide bonds. The third-order valence-corrected chi connectivity index (χ3v) is 458. The first kappa shape index (κ1) is 63.1. The summed E-state index contributed by atoms with van der Waals surface area (Å²) in [6.07, 6.45) is 0. The van der Waals surface area contributed by atoms with Gasteiger partial charge in [-0.3, -0.25) is 0 Å². The van der Waals surface area contributed by atoms with Crippen LogP contribution in [0, 0.1) is 0 Å². The van der Waals surface area contributed by atoms with E-state index in [1.54, 1.807) is 0 Å². The lowest BCUT2D eigenvalue weighted by molar-refractivity contribution is 0.571. The Balaban J connectivity index is 7.85. The van der Waals surface area contributed by atoms with Crippen molar-refractivity contribution >= 4 is 138 Å². The fourth-order valence-corrected chi connectivity index (χ4v) is 652. The molecule has 0 aliphatic rings. The zero-order valence-electron chi connectivity index (χ0n) is 49.0. The van der Waals surface area contributed by atoms with Crippen LogP contribution in [0.2, 0.25) is 255 Å². The first-order valence-corrected chi connectivity index (χ1v) is 98.8. The zero-order valence-corrected chi connectivity index (χ0v) is 68.1. The second-order valence-corrected chi connectivity index (χ2v) is 246. The molecule has 0 radical (unpaired) electrons. The molecule has 0 spiro atoms. The fraction of sp³-hybridized carbons (Fsp3) is 1.00. The highest BCUT2D eigenvalue weighted by atomic mass is 30.2. The molecule has 59 heavy (non-hydrogen) atoms. The van der Waals surface area contributed by atoms with Crippen LogP contribution in [0.3, 0.4) is 0 Å². The third kappa shape index (κ3) is 8.74. The molecule has 0 saturated carbocycles. The smallest absolute Gasteiger partial charge is 0.170 e. The lowest BCUT2D eigenvalue weighted by Crippen LogP contribution is -2.98. The summed E-state index contributed by atoms with van der Waals surface area (Å²) in [4.78, 5) is 0. The fourth-order valence-electron chi connectivity index (χ4n) is 13.3. The van der Waals surface area contributed by atoms with Crippen molar-refractivity contribution in [3.05, 3.63) is 0 Å². The molecule has 0 rings (SSSR count). The lowest BCUT2D eigenvalue weighted by Gasteiger charge is -2.70. The van der Waals surface area contributed by atoms with Crippen LogP contribution < -0.4 is 0 Å². The molecule has 356 valence electrons. The summed E-state index contributed by atoms with van der Waals surface area (Å²) in [5.74, 6) is 0. The molecule has 0 aliphatic carbocycles. The van der Waals surface area contributed by atoms with Crippen molar-refractivity contribution in [1.29, 1.82) is 0 Å². The van der Waals surface area contributed by atoms with Crippen molar-refractivity contribution in [1.82, 2.24) is 0 Å². The Hall–Kier alpha value is 4.08. The molecular weight excluding hydrogens is 1020 g/mol. The van der Waals surface area contributed by atoms with Crippen molar-refractivity contribution in [2.75, 3.05) is 0 Å². The van der Waals surface area contributed by atoms with Gasteiger partial charge < -0.3 is 4.12 Å². The number of hydrogen-bond donors (Lipinski definition) is 0. The molecule has 0 fully saturated rings. The van der Waals surface area contributed by atoms with Gasteiger partial charge >= 0.3 is 0 Å². The summed E-state index contributed by atoms with van der Waals surface area (Å²) in [6.45, 7) is 116. The van der Waals surface area contributed by atoms with Gasteiger partial charge in [0.25, 0.3) is 0 Å². The number of hydrogen-bond acceptors (Lipinski definition) is 1. The lowest BCUT2D eigenvalue weighted by atomic mass is 11.8. The predicted molar refractivity (Wildman–Crippen MR) is 341 cm³/mol. The quantitative estimate of drug-likeness (QED) is 0.117. The van der Waals surface area contributed by atoms with Gasteiger partial charge in [0.2, 0.25) is 0 Å². The van der Waals surface area contributed by atoms with E-state index in [4.69, 9.17) is 4.12 Å². The molecular formula is C39H118OSi19. The Kier molecular flexibility index (Phi) is 18.4. The Morgan fingerprint density at radius 2 is 0.339 bits per heavy atom. The maximum Gasteiger partial charge on any atom is 0.170 e. The van der Waals surface area contributed by atoms with Gasteiger partial charge in [0, 0.05) is 115 Å². The van der Waals surface area contributed by atoms with Gasteiger partial charge in [-0.05, 0) is 32.7 Å². The van der Waals surface area contributed by atoms with E-state index in [0.29, 0.717) is 0 Å². The molecule has 0 heterocycles. The molecule has 0 unspecified atom stereocenters. The molecule has 1 nitrogen and oxygen atoms in total. The normalized spacial score (nSPS) is 17.3. The Labute approximate surface area is 393 Å². The Morgan fingerprint density at radius 1 is 0.203 bits per heavy atom. The van der Waals surface area contributed by atoms with E-state index in [1.165, 1.54) is 0 Å². The second kappa shape index (κ2) is 17.2. The van der Waals surface area contributed by atoms with Crippen LogP contribution in [-0.4, -0.2) is 138 Å². The first-order chi connectivity index (χ1) is 24.7. The van der Waals surface area contributed by atoms with Gasteiger partial charge in [-0.1, -0.05) is 223 Å². The van der Waals surface area contributed by atoms with Gasteiger partial charge in [0.1, 0.15) is 0 Å². The van der Waals surface area contributed by atoms with Gasteiger partial charge in [-0.25, -0.2) is 0 Å². The van der Waals surface area contributed by atoms with Crippen molar-refractivity contribution in [3.63, 3.8) is 0 Å². The topological polar surface area (TPSA) is 9.23 Å². The van der Waals surface area contributed by atoms with Gasteiger partial charge in [-0.2, -0.15) is 0 Å². The van der Waals surface area contributed by atoms with Crippen molar-refractivity contribution in [3.8, 4) is 0 Å². The molecule has 0 bridgehead atoms. The van der Waals surface area contributed by atoms with Gasteiger partial charge in [0.15, 0.2) is 16.2 Å².